The first-order valence-corrected chi connectivity index (χ1v) is 7.96. The molecule has 2 fully saturated rings. The Morgan fingerprint density at radius 2 is 2.05 bits per heavy atom. The van der Waals surface area contributed by atoms with Gasteiger partial charge in [-0.3, -0.25) is 0 Å². The summed E-state index contributed by atoms with van der Waals surface area (Å²) in [5, 5.41) is 0. The number of rotatable bonds is 5. The molecule has 4 nitrogen and oxygen atoms in total. The van der Waals surface area contributed by atoms with E-state index in [1.165, 1.54) is 25.0 Å². The van der Waals surface area contributed by atoms with Crippen LogP contribution < -0.4 is 10.5 Å². The first-order chi connectivity index (χ1) is 8.93. The number of hydrogen-bond donors (Lipinski definition) is 2. The van der Waals surface area contributed by atoms with Crippen LogP contribution in [0.4, 0.5) is 10.1 Å². The molecule has 0 saturated heterocycles. The van der Waals surface area contributed by atoms with Crippen molar-refractivity contribution in [1.29, 1.82) is 0 Å². The van der Waals surface area contributed by atoms with Crippen molar-refractivity contribution in [3.05, 3.63) is 24.0 Å². The maximum absolute atomic E-state index is 13.7. The number of nitrogens with one attached hydrogen (secondary N) is 1. The van der Waals surface area contributed by atoms with E-state index in [0.29, 0.717) is 12.5 Å². The van der Waals surface area contributed by atoms with Crippen molar-refractivity contribution in [1.82, 2.24) is 4.72 Å². The molecule has 2 saturated carbocycles. The van der Waals surface area contributed by atoms with E-state index in [-0.39, 0.29) is 16.0 Å². The highest BCUT2D eigenvalue weighted by Crippen LogP contribution is 2.60. The number of benzene rings is 1. The summed E-state index contributed by atoms with van der Waals surface area (Å²) in [4.78, 5) is -0.326. The lowest BCUT2D eigenvalue weighted by atomic mass is 10.0. The molecule has 0 atom stereocenters. The van der Waals surface area contributed by atoms with Gasteiger partial charge in [0.1, 0.15) is 10.7 Å². The van der Waals surface area contributed by atoms with E-state index in [4.69, 9.17) is 5.73 Å². The lowest BCUT2D eigenvalue weighted by molar-refractivity contribution is 0.431. The number of nitrogen functional groups attached to an aromatic ring is 1. The van der Waals surface area contributed by atoms with E-state index in [1.54, 1.807) is 0 Å². The molecule has 0 unspecified atom stereocenters. The summed E-state index contributed by atoms with van der Waals surface area (Å²) >= 11 is 0. The van der Waals surface area contributed by atoms with Crippen molar-refractivity contribution in [2.75, 3.05) is 12.3 Å². The Labute approximate surface area is 112 Å². The van der Waals surface area contributed by atoms with E-state index >= 15 is 0 Å². The van der Waals surface area contributed by atoms with Crippen molar-refractivity contribution >= 4 is 15.7 Å². The van der Waals surface area contributed by atoms with Crippen LogP contribution in [0, 0.1) is 17.2 Å². The van der Waals surface area contributed by atoms with Crippen LogP contribution in [0.1, 0.15) is 25.7 Å². The van der Waals surface area contributed by atoms with E-state index < -0.39 is 15.8 Å². The second-order valence-corrected chi connectivity index (χ2v) is 7.39. The molecule has 1 aromatic carbocycles. The lowest BCUT2D eigenvalue weighted by Crippen LogP contribution is -2.31. The molecule has 0 bridgehead atoms. The Morgan fingerprint density at radius 3 is 2.58 bits per heavy atom. The third kappa shape index (κ3) is 2.47. The standard InChI is InChI=1S/C13H17FN2O2S/c14-11-7-10(15)3-4-12(11)19(17,18)16-8-13(5-6-13)9-1-2-9/h3-4,7,9,16H,1-2,5-6,8,15H2. The second-order valence-electron chi connectivity index (χ2n) is 5.65. The molecule has 3 N–H and O–H groups in total. The average Bonchev–Trinajstić information content (AvgIpc) is 3.19. The molecular weight excluding hydrogens is 267 g/mol. The summed E-state index contributed by atoms with van der Waals surface area (Å²) in [5.41, 5.74) is 5.78. The second kappa shape index (κ2) is 4.18. The van der Waals surface area contributed by atoms with Crippen LogP contribution in [-0.2, 0) is 10.0 Å². The van der Waals surface area contributed by atoms with Crippen LogP contribution in [0.2, 0.25) is 0 Å². The molecule has 3 rings (SSSR count). The third-order valence-corrected chi connectivity index (χ3v) is 5.63. The molecule has 1 aromatic rings. The zero-order valence-corrected chi connectivity index (χ0v) is 11.3. The van der Waals surface area contributed by atoms with Gasteiger partial charge in [-0.15, -0.1) is 0 Å². The highest BCUT2D eigenvalue weighted by molar-refractivity contribution is 7.89. The van der Waals surface area contributed by atoms with Gasteiger partial charge in [0.2, 0.25) is 10.0 Å². The maximum Gasteiger partial charge on any atom is 0.243 e. The predicted octanol–water partition coefficient (Wildman–Crippen LogP) is 1.88. The van der Waals surface area contributed by atoms with Crippen LogP contribution in [0.3, 0.4) is 0 Å². The summed E-state index contributed by atoms with van der Waals surface area (Å²) in [6, 6.07) is 3.64. The van der Waals surface area contributed by atoms with Gasteiger partial charge >= 0.3 is 0 Å². The quantitative estimate of drug-likeness (QED) is 0.811. The molecule has 19 heavy (non-hydrogen) atoms. The van der Waals surface area contributed by atoms with Gasteiger partial charge in [0.15, 0.2) is 0 Å². The Bertz CT molecular complexity index is 607. The van der Waals surface area contributed by atoms with Crippen molar-refractivity contribution in [3.63, 3.8) is 0 Å². The largest absolute Gasteiger partial charge is 0.399 e. The van der Waals surface area contributed by atoms with E-state index in [1.807, 2.05) is 0 Å². The first-order valence-electron chi connectivity index (χ1n) is 6.48. The monoisotopic (exact) mass is 284 g/mol. The van der Waals surface area contributed by atoms with Gasteiger partial charge < -0.3 is 5.73 Å². The zero-order valence-electron chi connectivity index (χ0n) is 10.5. The molecule has 0 aromatic heterocycles. The lowest BCUT2D eigenvalue weighted by Gasteiger charge is -2.15. The van der Waals surface area contributed by atoms with E-state index in [0.717, 1.165) is 18.9 Å². The Balaban J connectivity index is 1.75. The van der Waals surface area contributed by atoms with Gasteiger partial charge in [-0.2, -0.15) is 0 Å². The number of anilines is 1. The number of nitrogens with two attached hydrogens (primary N) is 1. The fourth-order valence-corrected chi connectivity index (χ4v) is 3.83. The fraction of sp³-hybridized carbons (Fsp3) is 0.538. The molecular formula is C13H17FN2O2S. The van der Waals surface area contributed by atoms with Gasteiger partial charge in [0, 0.05) is 12.2 Å². The van der Waals surface area contributed by atoms with Crippen molar-refractivity contribution in [2.45, 2.75) is 30.6 Å². The van der Waals surface area contributed by atoms with Gasteiger partial charge in [-0.05, 0) is 55.2 Å². The molecule has 0 heterocycles. The van der Waals surface area contributed by atoms with Crippen LogP contribution in [0.15, 0.2) is 23.1 Å². The topological polar surface area (TPSA) is 72.2 Å². The summed E-state index contributed by atoms with van der Waals surface area (Å²) in [6.45, 7) is 0.420. The number of sulfonamides is 1. The molecule has 6 heteroatoms. The maximum atomic E-state index is 13.7. The third-order valence-electron chi connectivity index (χ3n) is 4.20. The van der Waals surface area contributed by atoms with Crippen molar-refractivity contribution in [2.24, 2.45) is 11.3 Å². The normalized spacial score (nSPS) is 21.3. The zero-order chi connectivity index (χ0) is 13.7. The smallest absolute Gasteiger partial charge is 0.243 e. The minimum absolute atomic E-state index is 0.150. The molecule has 0 amide bonds. The van der Waals surface area contributed by atoms with Gasteiger partial charge in [-0.25, -0.2) is 17.5 Å². The van der Waals surface area contributed by atoms with Gasteiger partial charge in [-0.1, -0.05) is 0 Å². The Morgan fingerprint density at radius 1 is 1.37 bits per heavy atom. The summed E-state index contributed by atoms with van der Waals surface area (Å²) in [7, 11) is -3.79. The van der Waals surface area contributed by atoms with Crippen LogP contribution in [0.25, 0.3) is 0 Å². The van der Waals surface area contributed by atoms with Crippen LogP contribution >= 0.6 is 0 Å². The van der Waals surface area contributed by atoms with Crippen LogP contribution in [-0.4, -0.2) is 15.0 Å². The number of halogens is 1. The van der Waals surface area contributed by atoms with Crippen molar-refractivity contribution in [3.8, 4) is 0 Å². The summed E-state index contributed by atoms with van der Waals surface area (Å²) < 4.78 is 40.4. The minimum Gasteiger partial charge on any atom is -0.399 e. The van der Waals surface area contributed by atoms with E-state index in [9.17, 15) is 12.8 Å². The average molecular weight is 284 g/mol. The van der Waals surface area contributed by atoms with Gasteiger partial charge in [0.05, 0.1) is 0 Å². The van der Waals surface area contributed by atoms with Crippen molar-refractivity contribution < 1.29 is 12.8 Å². The van der Waals surface area contributed by atoms with Gasteiger partial charge in [0.25, 0.3) is 0 Å². The fourth-order valence-electron chi connectivity index (χ4n) is 2.64. The summed E-state index contributed by atoms with van der Waals surface area (Å²) in [6.07, 6.45) is 4.53. The molecule has 0 radical (unpaired) electrons. The first kappa shape index (κ1) is 12.9. The highest BCUT2D eigenvalue weighted by atomic mass is 32.2. The molecule has 0 aliphatic heterocycles. The Kier molecular flexibility index (Phi) is 2.83. The summed E-state index contributed by atoms with van der Waals surface area (Å²) in [5.74, 6) is -0.143. The van der Waals surface area contributed by atoms with Crippen LogP contribution in [0.5, 0.6) is 0 Å². The molecule has 104 valence electrons. The predicted molar refractivity (Wildman–Crippen MR) is 70.4 cm³/mol. The highest BCUT2D eigenvalue weighted by Gasteiger charge is 2.53. The molecule has 0 spiro atoms. The SMILES string of the molecule is Nc1ccc(S(=O)(=O)NCC2(C3CC3)CC2)c(F)c1. The molecule has 2 aliphatic carbocycles. The number of hydrogen-bond acceptors (Lipinski definition) is 3. The molecule has 2 aliphatic rings. The Hall–Kier alpha value is -1.14. The van der Waals surface area contributed by atoms with E-state index in [2.05, 4.69) is 4.72 Å². The minimum atomic E-state index is -3.79.